The Balaban J connectivity index is 1.50. The molecule has 34 heavy (non-hydrogen) atoms. The van der Waals surface area contributed by atoms with Gasteiger partial charge >= 0.3 is 0 Å². The number of rotatable bonds is 4. The van der Waals surface area contributed by atoms with Gasteiger partial charge < -0.3 is 4.90 Å². The zero-order valence-electron chi connectivity index (χ0n) is 19.1. The third-order valence-electron chi connectivity index (χ3n) is 6.78. The van der Waals surface area contributed by atoms with Crippen LogP contribution < -0.4 is 4.90 Å². The number of nitrogens with zero attached hydrogens (tertiary/aromatic N) is 1. The molecule has 1 aromatic heterocycles. The van der Waals surface area contributed by atoms with Crippen molar-refractivity contribution in [3.63, 3.8) is 0 Å². The lowest BCUT2D eigenvalue weighted by atomic mass is 9.82. The topological polar surface area (TPSA) is 3.24 Å². The van der Waals surface area contributed by atoms with E-state index in [-0.39, 0.29) is 5.41 Å². The highest BCUT2D eigenvalue weighted by Gasteiger charge is 2.35. The van der Waals surface area contributed by atoms with Crippen molar-refractivity contribution in [3.05, 3.63) is 125 Å². The number of fused-ring (bicyclic) bond motifs is 3. The molecule has 1 aliphatic carbocycles. The molecule has 1 nitrogen and oxygen atoms in total. The minimum absolute atomic E-state index is 0.0298. The van der Waals surface area contributed by atoms with E-state index in [2.05, 4.69) is 144 Å². The Morgan fingerprint density at radius 3 is 2.12 bits per heavy atom. The second kappa shape index (κ2) is 8.26. The molecular formula is C31H24BrNS. The molecule has 0 radical (unpaired) electrons. The molecule has 0 unspecified atom stereocenters. The van der Waals surface area contributed by atoms with Crippen molar-refractivity contribution < 1.29 is 0 Å². The van der Waals surface area contributed by atoms with Gasteiger partial charge in [-0.15, -0.1) is 11.3 Å². The normalized spacial score (nSPS) is 13.4. The summed E-state index contributed by atoms with van der Waals surface area (Å²) in [5, 5.41) is 1.20. The van der Waals surface area contributed by atoms with Crippen molar-refractivity contribution in [1.82, 2.24) is 0 Å². The van der Waals surface area contributed by atoms with Gasteiger partial charge in [0.1, 0.15) is 5.00 Å². The summed E-state index contributed by atoms with van der Waals surface area (Å²) >= 11 is 5.42. The number of anilines is 3. The van der Waals surface area contributed by atoms with Gasteiger partial charge in [-0.05, 0) is 76.3 Å². The summed E-state index contributed by atoms with van der Waals surface area (Å²) in [4.78, 5) is 3.65. The SMILES string of the molecule is CC1(C)c2ccccc2-c2ccc(N(c3ccc(Br)cc3)c3ccc(-c4ccccc4)s3)cc21. The summed E-state index contributed by atoms with van der Waals surface area (Å²) in [6, 6.07) is 39.4. The van der Waals surface area contributed by atoms with E-state index >= 15 is 0 Å². The highest BCUT2D eigenvalue weighted by Crippen LogP contribution is 2.51. The third kappa shape index (κ3) is 3.51. The van der Waals surface area contributed by atoms with E-state index in [4.69, 9.17) is 0 Å². The molecule has 5 aromatic rings. The molecule has 0 fully saturated rings. The average Bonchev–Trinajstić information content (AvgIpc) is 3.43. The second-order valence-electron chi connectivity index (χ2n) is 9.22. The molecule has 3 heteroatoms. The van der Waals surface area contributed by atoms with E-state index in [9.17, 15) is 0 Å². The van der Waals surface area contributed by atoms with Crippen molar-refractivity contribution in [2.75, 3.05) is 4.90 Å². The van der Waals surface area contributed by atoms with Gasteiger partial charge in [-0.2, -0.15) is 0 Å². The zero-order chi connectivity index (χ0) is 23.3. The van der Waals surface area contributed by atoms with Gasteiger partial charge in [0.25, 0.3) is 0 Å². The minimum atomic E-state index is -0.0298. The van der Waals surface area contributed by atoms with Crippen molar-refractivity contribution in [2.45, 2.75) is 19.3 Å². The first kappa shape index (κ1) is 21.4. The molecule has 4 aromatic carbocycles. The maximum absolute atomic E-state index is 3.60. The van der Waals surface area contributed by atoms with E-state index in [1.165, 1.54) is 43.4 Å². The summed E-state index contributed by atoms with van der Waals surface area (Å²) in [6.07, 6.45) is 0. The smallest absolute Gasteiger partial charge is 0.101 e. The Hall–Kier alpha value is -3.14. The Labute approximate surface area is 213 Å². The lowest BCUT2D eigenvalue weighted by molar-refractivity contribution is 0.660. The van der Waals surface area contributed by atoms with Crippen LogP contribution in [0.1, 0.15) is 25.0 Å². The predicted octanol–water partition coefficient (Wildman–Crippen LogP) is 9.95. The fraction of sp³-hybridized carbons (Fsp3) is 0.0968. The first-order valence-corrected chi connectivity index (χ1v) is 13.1. The van der Waals surface area contributed by atoms with E-state index in [1.807, 2.05) is 11.3 Å². The van der Waals surface area contributed by atoms with Gasteiger partial charge in [0.2, 0.25) is 0 Å². The summed E-state index contributed by atoms with van der Waals surface area (Å²) in [6.45, 7) is 4.67. The largest absolute Gasteiger partial charge is 0.302 e. The van der Waals surface area contributed by atoms with E-state index in [0.29, 0.717) is 0 Å². The van der Waals surface area contributed by atoms with Crippen molar-refractivity contribution in [3.8, 4) is 21.6 Å². The average molecular weight is 523 g/mol. The molecule has 0 aliphatic heterocycles. The second-order valence-corrected chi connectivity index (χ2v) is 11.2. The lowest BCUT2D eigenvalue weighted by Gasteiger charge is -2.27. The first-order chi connectivity index (χ1) is 16.5. The Bertz CT molecular complexity index is 1480. The fourth-order valence-corrected chi connectivity index (χ4v) is 6.35. The molecule has 0 amide bonds. The third-order valence-corrected chi connectivity index (χ3v) is 8.43. The van der Waals surface area contributed by atoms with Gasteiger partial charge in [0.15, 0.2) is 0 Å². The molecule has 6 rings (SSSR count). The zero-order valence-corrected chi connectivity index (χ0v) is 21.5. The maximum atomic E-state index is 3.60. The molecule has 0 N–H and O–H groups in total. The maximum Gasteiger partial charge on any atom is 0.101 e. The highest BCUT2D eigenvalue weighted by atomic mass is 79.9. The Morgan fingerprint density at radius 1 is 0.647 bits per heavy atom. The number of hydrogen-bond donors (Lipinski definition) is 0. The molecule has 166 valence electrons. The Morgan fingerprint density at radius 2 is 1.32 bits per heavy atom. The van der Waals surface area contributed by atoms with Gasteiger partial charge in [0.05, 0.1) is 0 Å². The van der Waals surface area contributed by atoms with Crippen LogP contribution in [0.5, 0.6) is 0 Å². The molecule has 0 saturated heterocycles. The van der Waals surface area contributed by atoms with Crippen molar-refractivity contribution in [1.29, 1.82) is 0 Å². The van der Waals surface area contributed by atoms with E-state index in [0.717, 1.165) is 10.2 Å². The van der Waals surface area contributed by atoms with Crippen LogP contribution in [-0.2, 0) is 5.41 Å². The number of thiophene rings is 1. The van der Waals surface area contributed by atoms with Crippen molar-refractivity contribution >= 4 is 43.6 Å². The van der Waals surface area contributed by atoms with Gasteiger partial charge in [0, 0.05) is 26.1 Å². The molecule has 0 saturated carbocycles. The molecule has 1 heterocycles. The van der Waals surface area contributed by atoms with Crippen LogP contribution in [0.4, 0.5) is 16.4 Å². The van der Waals surface area contributed by atoms with Gasteiger partial charge in [-0.3, -0.25) is 0 Å². The van der Waals surface area contributed by atoms with Crippen LogP contribution in [0.25, 0.3) is 21.6 Å². The highest BCUT2D eigenvalue weighted by molar-refractivity contribution is 9.10. The number of hydrogen-bond acceptors (Lipinski definition) is 2. The molecule has 0 spiro atoms. The molecule has 0 bridgehead atoms. The summed E-state index contributed by atoms with van der Waals surface area (Å²) in [7, 11) is 0. The van der Waals surface area contributed by atoms with Crippen LogP contribution in [0.3, 0.4) is 0 Å². The standard InChI is InChI=1S/C31H24BrNS/c1-31(2)27-11-7-6-10-25(27)26-17-16-24(20-28(26)31)33(23-14-12-22(32)13-15-23)30-19-18-29(34-30)21-8-4-3-5-9-21/h3-20H,1-2H3. The molecule has 1 aliphatic rings. The van der Waals surface area contributed by atoms with Crippen LogP contribution in [-0.4, -0.2) is 0 Å². The minimum Gasteiger partial charge on any atom is -0.302 e. The van der Waals surface area contributed by atoms with Gasteiger partial charge in [-0.1, -0.05) is 90.4 Å². The molecular weight excluding hydrogens is 498 g/mol. The lowest BCUT2D eigenvalue weighted by Crippen LogP contribution is -2.16. The van der Waals surface area contributed by atoms with Crippen LogP contribution in [0.15, 0.2) is 114 Å². The Kier molecular flexibility index (Phi) is 5.20. The monoisotopic (exact) mass is 521 g/mol. The summed E-state index contributed by atoms with van der Waals surface area (Å²) in [5.74, 6) is 0. The number of benzene rings is 4. The first-order valence-electron chi connectivity index (χ1n) is 11.5. The molecule has 0 atom stereocenters. The fourth-order valence-electron chi connectivity index (χ4n) is 5.03. The number of halogens is 1. The van der Waals surface area contributed by atoms with E-state index < -0.39 is 0 Å². The quantitative estimate of drug-likeness (QED) is 0.227. The van der Waals surface area contributed by atoms with Crippen LogP contribution >= 0.6 is 27.3 Å². The van der Waals surface area contributed by atoms with E-state index in [1.54, 1.807) is 0 Å². The predicted molar refractivity (Wildman–Crippen MR) is 150 cm³/mol. The van der Waals surface area contributed by atoms with Crippen LogP contribution in [0.2, 0.25) is 0 Å². The summed E-state index contributed by atoms with van der Waals surface area (Å²) < 4.78 is 1.08. The van der Waals surface area contributed by atoms with Crippen molar-refractivity contribution in [2.24, 2.45) is 0 Å². The summed E-state index contributed by atoms with van der Waals surface area (Å²) in [5.41, 5.74) is 9.04. The van der Waals surface area contributed by atoms with Gasteiger partial charge in [-0.25, -0.2) is 0 Å². The van der Waals surface area contributed by atoms with Crippen LogP contribution in [0, 0.1) is 0 Å².